The lowest BCUT2D eigenvalue weighted by Gasteiger charge is -2.42. The molecule has 2 saturated heterocycles. The first kappa shape index (κ1) is 30.0. The minimum atomic E-state index is -1.04. The zero-order valence-electron chi connectivity index (χ0n) is 23.9. The maximum absolute atomic E-state index is 13.6. The van der Waals surface area contributed by atoms with Crippen LogP contribution in [0, 0.1) is 17.8 Å². The molecule has 5 rings (SSSR count). The second kappa shape index (κ2) is 13.2. The van der Waals surface area contributed by atoms with Crippen molar-refractivity contribution >= 4 is 36.6 Å². The van der Waals surface area contributed by atoms with Crippen LogP contribution >= 0.6 is 0 Å². The molecular weight excluding hydrogens is 537 g/mol. The highest BCUT2D eigenvalue weighted by molar-refractivity contribution is 6.43. The van der Waals surface area contributed by atoms with E-state index in [1.54, 1.807) is 6.07 Å². The molecule has 0 spiro atoms. The van der Waals surface area contributed by atoms with Crippen molar-refractivity contribution in [3.63, 3.8) is 0 Å². The fourth-order valence-corrected chi connectivity index (χ4v) is 6.90. The van der Waals surface area contributed by atoms with Gasteiger partial charge in [0.05, 0.1) is 17.9 Å². The number of rotatable bonds is 12. The largest absolute Gasteiger partial charge is 0.481 e. The predicted molar refractivity (Wildman–Crippen MR) is 156 cm³/mol. The van der Waals surface area contributed by atoms with Crippen LogP contribution in [-0.4, -0.2) is 57.7 Å². The number of aliphatic hydroxyl groups is 1. The van der Waals surface area contributed by atoms with Crippen LogP contribution in [0.5, 0.6) is 0 Å². The fourth-order valence-electron chi connectivity index (χ4n) is 6.90. The lowest BCUT2D eigenvalue weighted by Crippen LogP contribution is -2.46. The van der Waals surface area contributed by atoms with Gasteiger partial charge in [-0.2, -0.15) is 0 Å². The third-order valence-electron chi connectivity index (χ3n) is 8.79. The molecule has 3 heterocycles. The summed E-state index contributed by atoms with van der Waals surface area (Å²) in [5.74, 6) is -1.29. The topological polar surface area (TPSA) is 138 Å². The van der Waals surface area contributed by atoms with Crippen LogP contribution < -0.4 is 0 Å². The van der Waals surface area contributed by atoms with Crippen molar-refractivity contribution in [1.29, 1.82) is 0 Å². The minimum absolute atomic E-state index is 0.0767. The number of carboxylic acid groups (broad SMARTS) is 1. The molecule has 3 aliphatic rings. The van der Waals surface area contributed by atoms with E-state index in [1.165, 1.54) is 4.90 Å². The number of benzene rings is 1. The molecule has 1 aliphatic carbocycles. The first-order chi connectivity index (χ1) is 20.3. The number of aliphatic hydroxyl groups excluding tert-OH is 1. The molecule has 3 N–H and O–H groups in total. The van der Waals surface area contributed by atoms with Crippen LogP contribution in [0.15, 0.2) is 58.0 Å². The van der Waals surface area contributed by atoms with Gasteiger partial charge in [0.2, 0.25) is 11.8 Å². The highest BCUT2D eigenvalue weighted by Crippen LogP contribution is 2.50. The molecule has 2 aromatic rings. The standard InChI is InChI=1S/C32H38BNO8/c1-20-16-25-30(32(39)34(31(25)38)15-7-3-6-10-28(36)37)26-18-33(40)42-27(29(20)26)14-11-22(21-8-4-2-5-9-21)17-23-12-13-24(19-35)41-23/h2,4-5,8-9,12-13,17,25-27,30,35,40H,3,6-7,10-11,14-16,18-19H2,1H3,(H,36,37)/b22-17-/t25-,26+,27-,30-/m1/s1. The van der Waals surface area contributed by atoms with Gasteiger partial charge in [0.25, 0.3) is 0 Å². The van der Waals surface area contributed by atoms with Gasteiger partial charge in [0.15, 0.2) is 0 Å². The molecule has 42 heavy (non-hydrogen) atoms. The molecule has 10 heteroatoms. The Balaban J connectivity index is 1.33. The number of fused-ring (bicyclic) bond motifs is 3. The van der Waals surface area contributed by atoms with Crippen LogP contribution in [0.3, 0.4) is 0 Å². The third-order valence-corrected chi connectivity index (χ3v) is 8.79. The number of furan rings is 1. The number of hydrogen-bond donors (Lipinski definition) is 3. The molecule has 0 saturated carbocycles. The molecule has 2 fully saturated rings. The quantitative estimate of drug-likeness (QED) is 0.145. The predicted octanol–water partition coefficient (Wildman–Crippen LogP) is 4.55. The summed E-state index contributed by atoms with van der Waals surface area (Å²) >= 11 is 0. The monoisotopic (exact) mass is 575 g/mol. The van der Waals surface area contributed by atoms with E-state index in [9.17, 15) is 24.5 Å². The average Bonchev–Trinajstić information content (AvgIpc) is 3.52. The van der Waals surface area contributed by atoms with Crippen LogP contribution in [0.25, 0.3) is 11.6 Å². The Kier molecular flexibility index (Phi) is 9.45. The van der Waals surface area contributed by atoms with Crippen molar-refractivity contribution in [1.82, 2.24) is 4.90 Å². The smallest absolute Gasteiger partial charge is 0.455 e. The first-order valence-electron chi connectivity index (χ1n) is 14.8. The minimum Gasteiger partial charge on any atom is -0.481 e. The Morgan fingerprint density at radius 2 is 1.83 bits per heavy atom. The Morgan fingerprint density at radius 3 is 2.55 bits per heavy atom. The fraction of sp³-hybridized carbons (Fsp3) is 0.469. The van der Waals surface area contributed by atoms with E-state index in [2.05, 4.69) is 0 Å². The van der Waals surface area contributed by atoms with Gasteiger partial charge in [-0.3, -0.25) is 19.3 Å². The van der Waals surface area contributed by atoms with Crippen LogP contribution in [0.1, 0.15) is 69.0 Å². The number of hydrogen-bond acceptors (Lipinski definition) is 7. The number of carbonyl (C=O) groups is 3. The van der Waals surface area contributed by atoms with Crippen LogP contribution in [-0.2, 0) is 25.6 Å². The second-order valence-electron chi connectivity index (χ2n) is 11.6. The summed E-state index contributed by atoms with van der Waals surface area (Å²) in [6.45, 7) is 2.12. The van der Waals surface area contributed by atoms with Crippen LogP contribution in [0.4, 0.5) is 0 Å². The normalized spacial score (nSPS) is 24.3. The summed E-state index contributed by atoms with van der Waals surface area (Å²) in [6, 6.07) is 13.5. The molecule has 0 radical (unpaired) electrons. The number of aliphatic carboxylic acids is 1. The molecule has 222 valence electrons. The Bertz CT molecular complexity index is 1370. The van der Waals surface area contributed by atoms with Gasteiger partial charge in [0.1, 0.15) is 18.1 Å². The number of carbonyl (C=O) groups excluding carboxylic acids is 2. The Morgan fingerprint density at radius 1 is 1.05 bits per heavy atom. The Hall–Kier alpha value is -3.47. The molecule has 2 amide bonds. The molecular formula is C32H38BNO8. The van der Waals surface area contributed by atoms with Crippen molar-refractivity contribution in [3.05, 3.63) is 70.7 Å². The third kappa shape index (κ3) is 6.46. The van der Waals surface area contributed by atoms with Crippen molar-refractivity contribution in [3.8, 4) is 0 Å². The molecule has 0 unspecified atom stereocenters. The summed E-state index contributed by atoms with van der Waals surface area (Å²) in [6.07, 6.45) is 5.30. The summed E-state index contributed by atoms with van der Waals surface area (Å²) in [5, 5.41) is 29.0. The Labute approximate surface area is 246 Å². The summed E-state index contributed by atoms with van der Waals surface area (Å²) in [4.78, 5) is 39.1. The number of unbranched alkanes of at least 4 members (excludes halogenated alkanes) is 2. The number of likely N-dealkylation sites (tertiary alicyclic amines) is 1. The highest BCUT2D eigenvalue weighted by Gasteiger charge is 2.56. The molecule has 1 aromatic carbocycles. The van der Waals surface area contributed by atoms with E-state index < -0.39 is 31.0 Å². The average molecular weight is 575 g/mol. The lowest BCUT2D eigenvalue weighted by atomic mass is 9.58. The first-order valence-corrected chi connectivity index (χ1v) is 14.8. The summed E-state index contributed by atoms with van der Waals surface area (Å²) in [5.41, 5.74) is 4.12. The molecule has 0 bridgehead atoms. The molecule has 4 atom stereocenters. The van der Waals surface area contributed by atoms with E-state index in [0.717, 1.165) is 22.3 Å². The summed E-state index contributed by atoms with van der Waals surface area (Å²) in [7, 11) is -1.04. The van der Waals surface area contributed by atoms with Crippen molar-refractivity contribution < 1.29 is 38.7 Å². The van der Waals surface area contributed by atoms with E-state index in [0.29, 0.717) is 56.6 Å². The second-order valence-corrected chi connectivity index (χ2v) is 11.6. The molecule has 1 aromatic heterocycles. The van der Waals surface area contributed by atoms with Gasteiger partial charge < -0.3 is 24.3 Å². The van der Waals surface area contributed by atoms with E-state index >= 15 is 0 Å². The number of imide groups is 1. The van der Waals surface area contributed by atoms with Crippen molar-refractivity contribution in [2.24, 2.45) is 17.8 Å². The van der Waals surface area contributed by atoms with E-state index in [1.807, 2.05) is 49.4 Å². The van der Waals surface area contributed by atoms with E-state index in [4.69, 9.17) is 14.2 Å². The summed E-state index contributed by atoms with van der Waals surface area (Å²) < 4.78 is 11.8. The SMILES string of the molecule is CC1=C2[C@@H](CC/C(=C/c3ccc(CO)o3)c3ccccc3)OB(O)C[C@@H]2[C@@H]2C(=O)N(CCCCCC(=O)O)C(=O)[C@@H]2C1. The van der Waals surface area contributed by atoms with Gasteiger partial charge >= 0.3 is 13.1 Å². The van der Waals surface area contributed by atoms with Gasteiger partial charge in [-0.15, -0.1) is 0 Å². The van der Waals surface area contributed by atoms with Gasteiger partial charge in [-0.25, -0.2) is 0 Å². The van der Waals surface area contributed by atoms with Crippen molar-refractivity contribution in [2.75, 3.05) is 6.54 Å². The zero-order valence-corrected chi connectivity index (χ0v) is 23.9. The lowest BCUT2D eigenvalue weighted by molar-refractivity contribution is -0.141. The molecule has 9 nitrogen and oxygen atoms in total. The van der Waals surface area contributed by atoms with Gasteiger partial charge in [-0.1, -0.05) is 42.3 Å². The molecule has 2 aliphatic heterocycles. The zero-order chi connectivity index (χ0) is 29.8. The number of carboxylic acids is 1. The van der Waals surface area contributed by atoms with E-state index in [-0.39, 0.29) is 37.1 Å². The number of allylic oxidation sites excluding steroid dienone is 2. The van der Waals surface area contributed by atoms with Gasteiger partial charge in [0, 0.05) is 13.0 Å². The van der Waals surface area contributed by atoms with Crippen LogP contribution in [0.2, 0.25) is 6.32 Å². The van der Waals surface area contributed by atoms with Crippen molar-refractivity contribution in [2.45, 2.75) is 70.9 Å². The van der Waals surface area contributed by atoms with Gasteiger partial charge in [-0.05, 0) is 86.2 Å². The number of amides is 2. The highest BCUT2D eigenvalue weighted by atomic mass is 16.5. The maximum atomic E-state index is 13.6. The number of nitrogens with zero attached hydrogens (tertiary/aromatic N) is 1. The maximum Gasteiger partial charge on any atom is 0.455 e.